The highest BCUT2D eigenvalue weighted by molar-refractivity contribution is 8.15. The summed E-state index contributed by atoms with van der Waals surface area (Å²) in [6, 6.07) is 36.1. The van der Waals surface area contributed by atoms with Crippen LogP contribution in [0.15, 0.2) is 120 Å². The van der Waals surface area contributed by atoms with Gasteiger partial charge in [-0.1, -0.05) is 90.6 Å². The molecule has 1 unspecified atom stereocenters. The third-order valence-corrected chi connectivity index (χ3v) is 8.70. The molecule has 1 saturated heterocycles. The van der Waals surface area contributed by atoms with Gasteiger partial charge in [-0.2, -0.15) is 0 Å². The molecular weight excluding hydrogens is 568 g/mol. The van der Waals surface area contributed by atoms with E-state index in [1.807, 2.05) is 42.5 Å². The number of amides is 2. The Morgan fingerprint density at radius 2 is 1.66 bits per heavy atom. The third kappa shape index (κ3) is 6.82. The number of thioether (sulfide) groups is 1. The lowest BCUT2D eigenvalue weighted by Gasteiger charge is -2.17. The summed E-state index contributed by atoms with van der Waals surface area (Å²) in [5.74, 6) is 0.187. The summed E-state index contributed by atoms with van der Waals surface area (Å²) in [6.07, 6.45) is 2.45. The lowest BCUT2D eigenvalue weighted by Crippen LogP contribution is -2.33. The zero-order valence-corrected chi connectivity index (χ0v) is 25.2. The number of nitrogens with zero attached hydrogens (tertiary/aromatic N) is 3. The minimum atomic E-state index is -0.574. The van der Waals surface area contributed by atoms with Crippen LogP contribution in [0.1, 0.15) is 17.7 Å². The molecule has 0 radical (unpaired) electrons. The molecule has 4 aromatic carbocycles. The second kappa shape index (κ2) is 13.6. The van der Waals surface area contributed by atoms with Crippen molar-refractivity contribution in [1.29, 1.82) is 0 Å². The van der Waals surface area contributed by atoms with Crippen molar-refractivity contribution in [2.24, 2.45) is 4.99 Å². The van der Waals surface area contributed by atoms with Crippen LogP contribution in [0.5, 0.6) is 5.75 Å². The van der Waals surface area contributed by atoms with Crippen LogP contribution in [-0.2, 0) is 22.6 Å². The molecule has 2 amide bonds. The highest BCUT2D eigenvalue weighted by Gasteiger charge is 2.39. The highest BCUT2D eigenvalue weighted by atomic mass is 32.2. The van der Waals surface area contributed by atoms with Gasteiger partial charge in [0, 0.05) is 31.3 Å². The normalized spacial score (nSPS) is 15.6. The Morgan fingerprint density at radius 1 is 0.909 bits per heavy atom. The smallest absolute Gasteiger partial charge is 0.242 e. The second-order valence-corrected chi connectivity index (χ2v) is 11.6. The van der Waals surface area contributed by atoms with Crippen LogP contribution in [-0.4, -0.2) is 45.8 Å². The number of anilines is 1. The fourth-order valence-electron chi connectivity index (χ4n) is 5.19. The van der Waals surface area contributed by atoms with E-state index in [2.05, 4.69) is 64.9 Å². The van der Waals surface area contributed by atoms with Crippen molar-refractivity contribution in [3.05, 3.63) is 127 Å². The van der Waals surface area contributed by atoms with E-state index in [-0.39, 0.29) is 18.2 Å². The molecule has 5 aromatic rings. The topological polar surface area (TPSA) is 83.9 Å². The predicted octanol–water partition coefficient (Wildman–Crippen LogP) is 6.98. The zero-order valence-electron chi connectivity index (χ0n) is 24.4. The molecule has 0 saturated carbocycles. The average Bonchev–Trinajstić information content (AvgIpc) is 3.34. The number of hydrogen-bond donors (Lipinski definition) is 1. The third-order valence-electron chi connectivity index (χ3n) is 7.49. The largest absolute Gasteiger partial charge is 0.495 e. The number of fused-ring (bicyclic) bond motifs is 1. The first-order chi connectivity index (χ1) is 21.6. The molecule has 2 heterocycles. The standard InChI is InChI=1S/C36H32N4O3S/c1-43-32-12-5-4-11-31(32)39-34(41)23-33-35(42)40(36(44-33)38-21-19-30-10-6-7-20-37-30)24-25-13-15-27(16-14-25)29-18-17-26-8-2-3-9-28(26)22-29/h2-18,20,22,33H,19,21,23-24H2,1H3,(H,39,41). The molecule has 1 aromatic heterocycles. The number of hydrogen-bond acceptors (Lipinski definition) is 6. The van der Waals surface area contributed by atoms with Gasteiger partial charge in [-0.15, -0.1) is 0 Å². The monoisotopic (exact) mass is 600 g/mol. The number of nitrogens with one attached hydrogen (secondary N) is 1. The molecule has 1 atom stereocenters. The summed E-state index contributed by atoms with van der Waals surface area (Å²) in [5, 5.41) is 5.34. The molecule has 44 heavy (non-hydrogen) atoms. The fraction of sp³-hybridized carbons (Fsp3) is 0.167. The molecule has 1 N–H and O–H groups in total. The molecule has 0 spiro atoms. The molecule has 1 aliphatic rings. The van der Waals surface area contributed by atoms with Gasteiger partial charge in [-0.05, 0) is 57.8 Å². The number of amidine groups is 1. The van der Waals surface area contributed by atoms with Crippen LogP contribution in [0.3, 0.4) is 0 Å². The van der Waals surface area contributed by atoms with Gasteiger partial charge in [0.05, 0.1) is 19.3 Å². The first kappa shape index (κ1) is 29.1. The van der Waals surface area contributed by atoms with Crippen LogP contribution in [0.2, 0.25) is 0 Å². The summed E-state index contributed by atoms with van der Waals surface area (Å²) >= 11 is 1.35. The maximum atomic E-state index is 13.7. The molecule has 1 fully saturated rings. The average molecular weight is 601 g/mol. The van der Waals surface area contributed by atoms with Crippen LogP contribution in [0.4, 0.5) is 5.69 Å². The Morgan fingerprint density at radius 3 is 2.45 bits per heavy atom. The fourth-order valence-corrected chi connectivity index (χ4v) is 6.36. The quantitative estimate of drug-likeness (QED) is 0.187. The maximum absolute atomic E-state index is 13.7. The van der Waals surface area contributed by atoms with Gasteiger partial charge >= 0.3 is 0 Å². The van der Waals surface area contributed by atoms with Crippen molar-refractivity contribution in [3.8, 4) is 16.9 Å². The summed E-state index contributed by atoms with van der Waals surface area (Å²) in [5.41, 5.74) is 4.75. The Kier molecular flexibility index (Phi) is 8.98. The minimum Gasteiger partial charge on any atom is -0.495 e. The number of methoxy groups -OCH3 is 1. The Hall–Kier alpha value is -4.95. The number of carbonyl (C=O) groups excluding carboxylic acids is 2. The number of benzene rings is 4. The van der Waals surface area contributed by atoms with Crippen molar-refractivity contribution in [3.63, 3.8) is 0 Å². The summed E-state index contributed by atoms with van der Waals surface area (Å²) < 4.78 is 5.35. The van der Waals surface area contributed by atoms with Crippen molar-refractivity contribution >= 4 is 45.2 Å². The van der Waals surface area contributed by atoms with Crippen molar-refractivity contribution in [2.45, 2.75) is 24.6 Å². The van der Waals surface area contributed by atoms with Gasteiger partial charge in [0.15, 0.2) is 5.17 Å². The lowest BCUT2D eigenvalue weighted by molar-refractivity contribution is -0.128. The van der Waals surface area contributed by atoms with Crippen LogP contribution in [0, 0.1) is 0 Å². The number of ether oxygens (including phenoxy) is 1. The molecule has 8 heteroatoms. The number of aliphatic imine (C=N–C) groups is 1. The number of rotatable bonds is 10. The predicted molar refractivity (Wildman–Crippen MR) is 178 cm³/mol. The lowest BCUT2D eigenvalue weighted by atomic mass is 10.0. The van der Waals surface area contributed by atoms with E-state index in [9.17, 15) is 9.59 Å². The molecule has 6 rings (SSSR count). The van der Waals surface area contributed by atoms with E-state index >= 15 is 0 Å². The number of pyridine rings is 1. The molecule has 220 valence electrons. The SMILES string of the molecule is COc1ccccc1NC(=O)CC1SC(=NCCc2ccccn2)N(Cc2ccc(-c3ccc4ccccc4c3)cc2)C1=O. The van der Waals surface area contributed by atoms with Gasteiger partial charge in [0.1, 0.15) is 11.0 Å². The molecule has 0 bridgehead atoms. The Labute approximate surface area is 261 Å². The first-order valence-corrected chi connectivity index (χ1v) is 15.4. The zero-order chi connectivity index (χ0) is 30.3. The van der Waals surface area contributed by atoms with Crippen molar-refractivity contribution in [2.75, 3.05) is 19.0 Å². The van der Waals surface area contributed by atoms with Gasteiger partial charge < -0.3 is 10.1 Å². The molecule has 0 aliphatic carbocycles. The van der Waals surface area contributed by atoms with Crippen LogP contribution in [0.25, 0.3) is 21.9 Å². The van der Waals surface area contributed by atoms with Gasteiger partial charge in [-0.3, -0.25) is 24.5 Å². The number of para-hydroxylation sites is 2. The molecule has 7 nitrogen and oxygen atoms in total. The van der Waals surface area contributed by atoms with Crippen molar-refractivity contribution < 1.29 is 14.3 Å². The second-order valence-electron chi connectivity index (χ2n) is 10.5. The van der Waals surface area contributed by atoms with E-state index in [1.165, 1.54) is 22.5 Å². The van der Waals surface area contributed by atoms with Gasteiger partial charge in [0.25, 0.3) is 0 Å². The molecule has 1 aliphatic heterocycles. The minimum absolute atomic E-state index is 0.0260. The Bertz CT molecular complexity index is 1810. The van der Waals surface area contributed by atoms with E-state index in [0.717, 1.165) is 22.4 Å². The number of carbonyl (C=O) groups is 2. The van der Waals surface area contributed by atoms with Crippen LogP contribution < -0.4 is 10.1 Å². The summed E-state index contributed by atoms with van der Waals surface area (Å²) in [4.78, 5) is 37.6. The molecular formula is C36H32N4O3S. The summed E-state index contributed by atoms with van der Waals surface area (Å²) in [6.45, 7) is 0.862. The summed E-state index contributed by atoms with van der Waals surface area (Å²) in [7, 11) is 1.56. The number of aromatic nitrogens is 1. The highest BCUT2D eigenvalue weighted by Crippen LogP contribution is 2.33. The van der Waals surface area contributed by atoms with E-state index < -0.39 is 5.25 Å². The maximum Gasteiger partial charge on any atom is 0.242 e. The van der Waals surface area contributed by atoms with Gasteiger partial charge in [0.2, 0.25) is 11.8 Å². The van der Waals surface area contributed by atoms with E-state index in [0.29, 0.717) is 36.1 Å². The van der Waals surface area contributed by atoms with E-state index in [4.69, 9.17) is 9.73 Å². The first-order valence-electron chi connectivity index (χ1n) is 14.5. The van der Waals surface area contributed by atoms with E-state index in [1.54, 1.807) is 30.3 Å². The Balaban J connectivity index is 1.18. The van der Waals surface area contributed by atoms with Gasteiger partial charge in [-0.25, -0.2) is 0 Å². The van der Waals surface area contributed by atoms with Crippen molar-refractivity contribution in [1.82, 2.24) is 9.88 Å². The van der Waals surface area contributed by atoms with Crippen LogP contribution >= 0.6 is 11.8 Å².